The molecule has 0 fully saturated rings. The summed E-state index contributed by atoms with van der Waals surface area (Å²) in [5.41, 5.74) is 7.12. The molecule has 146 valence electrons. The number of thiocarbonyl (C=S) groups is 1. The van der Waals surface area contributed by atoms with Crippen molar-refractivity contribution in [1.29, 1.82) is 0 Å². The molecule has 7 nitrogen and oxygen atoms in total. The second kappa shape index (κ2) is 10.1. The number of ether oxygens (including phenoxy) is 2. The minimum absolute atomic E-state index is 0.0250. The Bertz CT molecular complexity index is 912. The molecule has 0 saturated heterocycles. The van der Waals surface area contributed by atoms with Crippen LogP contribution in [0.5, 0.6) is 11.5 Å². The number of carbonyl (C=O) groups excluding carboxylic acids is 2. The highest BCUT2D eigenvalue weighted by Crippen LogP contribution is 2.27. The third-order valence-corrected chi connectivity index (χ3v) is 3.85. The van der Waals surface area contributed by atoms with Crippen LogP contribution in [-0.2, 0) is 4.79 Å². The molecular weight excluding hydrogens is 378 g/mol. The summed E-state index contributed by atoms with van der Waals surface area (Å²) >= 11 is 5.00. The van der Waals surface area contributed by atoms with E-state index in [4.69, 9.17) is 21.7 Å². The molecule has 8 heteroatoms. The number of carbonyl (C=O) groups is 2. The van der Waals surface area contributed by atoms with Gasteiger partial charge in [-0.2, -0.15) is 0 Å². The van der Waals surface area contributed by atoms with Gasteiger partial charge in [0.2, 0.25) is 5.91 Å². The molecule has 28 heavy (non-hydrogen) atoms. The van der Waals surface area contributed by atoms with Crippen LogP contribution in [0, 0.1) is 6.92 Å². The van der Waals surface area contributed by atoms with Gasteiger partial charge >= 0.3 is 0 Å². The number of hydrogen-bond acceptors (Lipinski definition) is 5. The SMILES string of the molecule is COc1ccc(C=CC(=O)NC(=S)NNC(=O)c2cccc(C)c2)cc1OC. The van der Waals surface area contributed by atoms with Gasteiger partial charge in [-0.15, -0.1) is 0 Å². The smallest absolute Gasteiger partial charge is 0.269 e. The highest BCUT2D eigenvalue weighted by atomic mass is 32.1. The zero-order chi connectivity index (χ0) is 20.5. The molecule has 2 aromatic rings. The van der Waals surface area contributed by atoms with Gasteiger partial charge in [0, 0.05) is 11.6 Å². The summed E-state index contributed by atoms with van der Waals surface area (Å²) in [6.07, 6.45) is 2.92. The number of hydrogen-bond donors (Lipinski definition) is 3. The average Bonchev–Trinajstić information content (AvgIpc) is 2.70. The molecule has 0 aliphatic heterocycles. The molecule has 0 aromatic heterocycles. The topological polar surface area (TPSA) is 88.7 Å². The largest absolute Gasteiger partial charge is 0.493 e. The zero-order valence-corrected chi connectivity index (χ0v) is 16.6. The molecule has 2 rings (SSSR count). The number of aryl methyl sites for hydroxylation is 1. The van der Waals surface area contributed by atoms with Crippen LogP contribution in [0.25, 0.3) is 6.08 Å². The van der Waals surface area contributed by atoms with Gasteiger partial charge in [-0.3, -0.25) is 25.8 Å². The minimum Gasteiger partial charge on any atom is -0.493 e. The predicted molar refractivity (Wildman–Crippen MR) is 111 cm³/mol. The number of methoxy groups -OCH3 is 2. The number of rotatable bonds is 5. The van der Waals surface area contributed by atoms with E-state index in [1.54, 1.807) is 49.6 Å². The minimum atomic E-state index is -0.447. The van der Waals surface area contributed by atoms with Crippen molar-refractivity contribution in [3.63, 3.8) is 0 Å². The summed E-state index contributed by atoms with van der Waals surface area (Å²) in [6.45, 7) is 1.89. The quantitative estimate of drug-likeness (QED) is 0.406. The molecule has 0 spiro atoms. The zero-order valence-electron chi connectivity index (χ0n) is 15.7. The van der Waals surface area contributed by atoms with Gasteiger partial charge in [0.15, 0.2) is 16.6 Å². The Labute approximate surface area is 168 Å². The fraction of sp³-hybridized carbons (Fsp3) is 0.150. The molecular formula is C20H21N3O4S. The first kappa shape index (κ1) is 20.9. The van der Waals surface area contributed by atoms with Gasteiger partial charge in [-0.25, -0.2) is 0 Å². The lowest BCUT2D eigenvalue weighted by Crippen LogP contribution is -2.48. The van der Waals surface area contributed by atoms with Gasteiger partial charge in [0.1, 0.15) is 0 Å². The molecule has 0 bridgehead atoms. The number of hydrazine groups is 1. The maximum absolute atomic E-state index is 12.0. The third-order valence-electron chi connectivity index (χ3n) is 3.64. The van der Waals surface area contributed by atoms with Crippen molar-refractivity contribution in [3.05, 3.63) is 65.2 Å². The number of amides is 2. The van der Waals surface area contributed by atoms with E-state index in [9.17, 15) is 9.59 Å². The Morgan fingerprint density at radius 1 is 1.00 bits per heavy atom. The molecule has 2 aromatic carbocycles. The fourth-order valence-electron chi connectivity index (χ4n) is 2.29. The lowest BCUT2D eigenvalue weighted by atomic mass is 10.1. The fourth-order valence-corrected chi connectivity index (χ4v) is 2.44. The Kier molecular flexibility index (Phi) is 7.53. The van der Waals surface area contributed by atoms with Gasteiger partial charge in [-0.05, 0) is 55.0 Å². The lowest BCUT2D eigenvalue weighted by Gasteiger charge is -2.10. The van der Waals surface area contributed by atoms with E-state index in [1.807, 2.05) is 13.0 Å². The van der Waals surface area contributed by atoms with Crippen molar-refractivity contribution >= 4 is 35.2 Å². The van der Waals surface area contributed by atoms with Crippen LogP contribution < -0.4 is 25.6 Å². The van der Waals surface area contributed by atoms with Crippen LogP contribution in [-0.4, -0.2) is 31.1 Å². The Hall–Kier alpha value is -3.39. The van der Waals surface area contributed by atoms with Crippen LogP contribution in [0.1, 0.15) is 21.5 Å². The predicted octanol–water partition coefficient (Wildman–Crippen LogP) is 2.36. The summed E-state index contributed by atoms with van der Waals surface area (Å²) in [6, 6.07) is 12.3. The normalized spacial score (nSPS) is 10.2. The van der Waals surface area contributed by atoms with E-state index in [-0.39, 0.29) is 11.0 Å². The molecule has 0 aliphatic rings. The van der Waals surface area contributed by atoms with Crippen LogP contribution in [0.15, 0.2) is 48.5 Å². The molecule has 0 atom stereocenters. The number of nitrogens with one attached hydrogen (secondary N) is 3. The van der Waals surface area contributed by atoms with E-state index >= 15 is 0 Å². The van der Waals surface area contributed by atoms with Crippen molar-refractivity contribution in [2.45, 2.75) is 6.92 Å². The van der Waals surface area contributed by atoms with Crippen molar-refractivity contribution in [3.8, 4) is 11.5 Å². The summed E-state index contributed by atoms with van der Waals surface area (Å²) in [5.74, 6) is 0.346. The molecule has 0 unspecified atom stereocenters. The number of benzene rings is 2. The van der Waals surface area contributed by atoms with E-state index in [1.165, 1.54) is 13.2 Å². The maximum atomic E-state index is 12.0. The van der Waals surface area contributed by atoms with E-state index in [0.29, 0.717) is 17.1 Å². The van der Waals surface area contributed by atoms with Gasteiger partial charge in [0.25, 0.3) is 5.91 Å². The van der Waals surface area contributed by atoms with Crippen molar-refractivity contribution in [2.75, 3.05) is 14.2 Å². The summed E-state index contributed by atoms with van der Waals surface area (Å²) < 4.78 is 10.4. The Balaban J connectivity index is 1.86. The first-order valence-electron chi connectivity index (χ1n) is 8.31. The van der Waals surface area contributed by atoms with E-state index in [0.717, 1.165) is 11.1 Å². The van der Waals surface area contributed by atoms with Crippen molar-refractivity contribution < 1.29 is 19.1 Å². The molecule has 3 N–H and O–H groups in total. The maximum Gasteiger partial charge on any atom is 0.269 e. The van der Waals surface area contributed by atoms with Gasteiger partial charge in [-0.1, -0.05) is 23.8 Å². The highest BCUT2D eigenvalue weighted by Gasteiger charge is 2.07. The highest BCUT2D eigenvalue weighted by molar-refractivity contribution is 7.80. The molecule has 0 heterocycles. The molecule has 0 radical (unpaired) electrons. The standard InChI is InChI=1S/C20H21N3O4S/c1-13-5-4-6-15(11-13)19(25)22-23-20(28)21-18(24)10-8-14-7-9-16(26-2)17(12-14)27-3/h4-12H,1-3H3,(H,22,25)(H2,21,23,24,28). The van der Waals surface area contributed by atoms with Crippen LogP contribution in [0.4, 0.5) is 0 Å². The van der Waals surface area contributed by atoms with E-state index in [2.05, 4.69) is 16.2 Å². The summed E-state index contributed by atoms with van der Waals surface area (Å²) in [7, 11) is 3.08. The average molecular weight is 399 g/mol. The van der Waals surface area contributed by atoms with E-state index < -0.39 is 5.91 Å². The Morgan fingerprint density at radius 3 is 2.43 bits per heavy atom. The Morgan fingerprint density at radius 2 is 1.75 bits per heavy atom. The second-order valence-electron chi connectivity index (χ2n) is 5.71. The van der Waals surface area contributed by atoms with Crippen LogP contribution in [0.2, 0.25) is 0 Å². The van der Waals surface area contributed by atoms with Gasteiger partial charge < -0.3 is 9.47 Å². The van der Waals surface area contributed by atoms with Crippen LogP contribution >= 0.6 is 12.2 Å². The summed E-state index contributed by atoms with van der Waals surface area (Å²) in [4.78, 5) is 24.0. The lowest BCUT2D eigenvalue weighted by molar-refractivity contribution is -0.115. The monoisotopic (exact) mass is 399 g/mol. The molecule has 0 saturated carbocycles. The summed E-state index contributed by atoms with van der Waals surface area (Å²) in [5, 5.41) is 2.42. The third kappa shape index (κ3) is 6.10. The molecule has 0 aliphatic carbocycles. The molecule has 2 amide bonds. The first-order chi connectivity index (χ1) is 13.4. The van der Waals surface area contributed by atoms with Crippen molar-refractivity contribution in [1.82, 2.24) is 16.2 Å². The van der Waals surface area contributed by atoms with Gasteiger partial charge in [0.05, 0.1) is 14.2 Å². The first-order valence-corrected chi connectivity index (χ1v) is 8.72. The van der Waals surface area contributed by atoms with Crippen LogP contribution in [0.3, 0.4) is 0 Å². The van der Waals surface area contributed by atoms with Crippen molar-refractivity contribution in [2.24, 2.45) is 0 Å². The second-order valence-corrected chi connectivity index (χ2v) is 6.12.